The topological polar surface area (TPSA) is 34.9 Å². The van der Waals surface area contributed by atoms with Crippen molar-refractivity contribution in [2.45, 2.75) is 0 Å². The van der Waals surface area contributed by atoms with E-state index in [0.717, 1.165) is 33.4 Å². The van der Waals surface area contributed by atoms with E-state index in [9.17, 15) is 4.79 Å². The molecule has 1 aromatic heterocycles. The van der Waals surface area contributed by atoms with Crippen LogP contribution < -0.4 is 0 Å². The minimum atomic E-state index is -0.00991. The number of allylic oxidation sites excluding steroid dienone is 1. The van der Waals surface area contributed by atoms with Crippen molar-refractivity contribution in [1.29, 1.82) is 0 Å². The molecular formula is C28H20N2O. The lowest BCUT2D eigenvalue weighted by Gasteiger charge is -2.05. The molecule has 0 saturated carbocycles. The second-order valence-electron chi connectivity index (χ2n) is 7.34. The lowest BCUT2D eigenvalue weighted by Crippen LogP contribution is -1.94. The summed E-state index contributed by atoms with van der Waals surface area (Å²) >= 11 is 0. The van der Waals surface area contributed by atoms with Crippen LogP contribution >= 0.6 is 0 Å². The monoisotopic (exact) mass is 400 g/mol. The SMILES string of the molecule is O=C(/C=C/c1ccc(-n2cnc3ccccc32)cc1)c1ccc(-c2ccccc2)cc1. The van der Waals surface area contributed by atoms with Gasteiger partial charge in [-0.15, -0.1) is 0 Å². The van der Waals surface area contributed by atoms with Crippen LogP contribution in [0, 0.1) is 0 Å². The number of benzene rings is 4. The van der Waals surface area contributed by atoms with Gasteiger partial charge in [0.25, 0.3) is 0 Å². The number of nitrogens with zero attached hydrogens (tertiary/aromatic N) is 2. The van der Waals surface area contributed by atoms with Crippen LogP contribution in [0.5, 0.6) is 0 Å². The third-order valence-electron chi connectivity index (χ3n) is 5.33. The van der Waals surface area contributed by atoms with Crippen molar-refractivity contribution in [2.24, 2.45) is 0 Å². The molecular weight excluding hydrogens is 380 g/mol. The lowest BCUT2D eigenvalue weighted by molar-refractivity contribution is 0.104. The number of imidazole rings is 1. The highest BCUT2D eigenvalue weighted by Crippen LogP contribution is 2.21. The summed E-state index contributed by atoms with van der Waals surface area (Å²) in [5.74, 6) is -0.00991. The van der Waals surface area contributed by atoms with Crippen molar-refractivity contribution in [3.63, 3.8) is 0 Å². The first-order chi connectivity index (χ1) is 15.3. The summed E-state index contributed by atoms with van der Waals surface area (Å²) in [6, 6.07) is 34.0. The van der Waals surface area contributed by atoms with E-state index in [2.05, 4.69) is 27.8 Å². The first-order valence-corrected chi connectivity index (χ1v) is 10.2. The van der Waals surface area contributed by atoms with Crippen LogP contribution in [0.2, 0.25) is 0 Å². The Bertz CT molecular complexity index is 1360. The summed E-state index contributed by atoms with van der Waals surface area (Å²) in [7, 11) is 0. The fourth-order valence-corrected chi connectivity index (χ4v) is 3.64. The van der Waals surface area contributed by atoms with Gasteiger partial charge in [0.2, 0.25) is 0 Å². The van der Waals surface area contributed by atoms with Gasteiger partial charge in [0.05, 0.1) is 11.0 Å². The van der Waals surface area contributed by atoms with E-state index in [1.165, 1.54) is 0 Å². The van der Waals surface area contributed by atoms with Gasteiger partial charge in [-0.25, -0.2) is 4.98 Å². The Kier molecular flexibility index (Phi) is 4.99. The third kappa shape index (κ3) is 3.94. The zero-order valence-electron chi connectivity index (χ0n) is 16.8. The number of aromatic nitrogens is 2. The van der Waals surface area contributed by atoms with Crippen molar-refractivity contribution in [1.82, 2.24) is 9.55 Å². The smallest absolute Gasteiger partial charge is 0.185 e. The highest BCUT2D eigenvalue weighted by Gasteiger charge is 2.05. The van der Waals surface area contributed by atoms with E-state index in [1.54, 1.807) is 6.08 Å². The van der Waals surface area contributed by atoms with Gasteiger partial charge in [-0.1, -0.05) is 84.9 Å². The summed E-state index contributed by atoms with van der Waals surface area (Å²) in [5, 5.41) is 0. The van der Waals surface area contributed by atoms with E-state index in [0.29, 0.717) is 5.56 Å². The molecule has 0 bridgehead atoms. The average molecular weight is 400 g/mol. The predicted octanol–water partition coefficient (Wildman–Crippen LogP) is 6.59. The molecule has 0 aliphatic rings. The summed E-state index contributed by atoms with van der Waals surface area (Å²) in [6.07, 6.45) is 5.31. The molecule has 0 saturated heterocycles. The highest BCUT2D eigenvalue weighted by molar-refractivity contribution is 6.07. The summed E-state index contributed by atoms with van der Waals surface area (Å²) < 4.78 is 2.06. The van der Waals surface area contributed by atoms with E-state index in [1.807, 2.05) is 97.3 Å². The predicted molar refractivity (Wildman–Crippen MR) is 126 cm³/mol. The van der Waals surface area contributed by atoms with Gasteiger partial charge in [0.15, 0.2) is 5.78 Å². The van der Waals surface area contributed by atoms with Crippen LogP contribution in [0.4, 0.5) is 0 Å². The van der Waals surface area contributed by atoms with Crippen LogP contribution in [0.15, 0.2) is 116 Å². The number of hydrogen-bond donors (Lipinski definition) is 0. The van der Waals surface area contributed by atoms with Gasteiger partial charge >= 0.3 is 0 Å². The maximum Gasteiger partial charge on any atom is 0.185 e. The number of carbonyl (C=O) groups is 1. The standard InChI is InChI=1S/C28H20N2O/c31-28(24-15-13-23(14-16-24)22-6-2-1-3-7-22)19-12-21-10-17-25(18-11-21)30-20-29-26-8-4-5-9-27(26)30/h1-20H/b19-12+. The zero-order chi connectivity index (χ0) is 21.0. The fourth-order valence-electron chi connectivity index (χ4n) is 3.64. The third-order valence-corrected chi connectivity index (χ3v) is 5.33. The van der Waals surface area contributed by atoms with E-state index >= 15 is 0 Å². The molecule has 1 heterocycles. The number of hydrogen-bond acceptors (Lipinski definition) is 2. The molecule has 0 aliphatic carbocycles. The minimum absolute atomic E-state index is 0.00991. The molecule has 5 aromatic rings. The zero-order valence-corrected chi connectivity index (χ0v) is 16.8. The fraction of sp³-hybridized carbons (Fsp3) is 0. The molecule has 3 nitrogen and oxygen atoms in total. The summed E-state index contributed by atoms with van der Waals surface area (Å²) in [4.78, 5) is 17.0. The summed E-state index contributed by atoms with van der Waals surface area (Å²) in [5.41, 5.74) is 6.97. The van der Waals surface area contributed by atoms with Crippen molar-refractivity contribution in [3.8, 4) is 16.8 Å². The van der Waals surface area contributed by atoms with Gasteiger partial charge in [-0.2, -0.15) is 0 Å². The Morgan fingerprint density at radius 1 is 0.710 bits per heavy atom. The number of carbonyl (C=O) groups excluding carboxylic acids is 1. The Hall–Kier alpha value is -4.24. The molecule has 0 N–H and O–H groups in total. The Morgan fingerprint density at radius 3 is 2.16 bits per heavy atom. The Labute approximate surface area is 180 Å². The molecule has 5 rings (SSSR count). The molecule has 0 amide bonds. The molecule has 0 spiro atoms. The van der Waals surface area contributed by atoms with E-state index < -0.39 is 0 Å². The molecule has 0 fully saturated rings. The molecule has 3 heteroatoms. The van der Waals surface area contributed by atoms with Crippen LogP contribution in [0.3, 0.4) is 0 Å². The van der Waals surface area contributed by atoms with Gasteiger partial charge in [0, 0.05) is 11.3 Å². The van der Waals surface area contributed by atoms with Crippen LogP contribution in [0.25, 0.3) is 33.9 Å². The van der Waals surface area contributed by atoms with Gasteiger partial charge in [-0.3, -0.25) is 9.36 Å². The maximum atomic E-state index is 12.6. The number of para-hydroxylation sites is 2. The molecule has 0 aliphatic heterocycles. The number of fused-ring (bicyclic) bond motifs is 1. The van der Waals surface area contributed by atoms with Crippen molar-refractivity contribution in [2.75, 3.05) is 0 Å². The molecule has 31 heavy (non-hydrogen) atoms. The molecule has 0 atom stereocenters. The Balaban J connectivity index is 1.30. The quantitative estimate of drug-likeness (QED) is 0.246. The van der Waals surface area contributed by atoms with E-state index in [4.69, 9.17) is 0 Å². The number of ketones is 1. The van der Waals surface area contributed by atoms with E-state index in [-0.39, 0.29) is 5.78 Å². The van der Waals surface area contributed by atoms with Crippen LogP contribution in [0.1, 0.15) is 15.9 Å². The molecule has 0 unspecified atom stereocenters. The van der Waals surface area contributed by atoms with Crippen LogP contribution in [-0.2, 0) is 0 Å². The Morgan fingerprint density at radius 2 is 1.39 bits per heavy atom. The van der Waals surface area contributed by atoms with Crippen molar-refractivity contribution in [3.05, 3.63) is 127 Å². The molecule has 4 aromatic carbocycles. The first-order valence-electron chi connectivity index (χ1n) is 10.2. The highest BCUT2D eigenvalue weighted by atomic mass is 16.1. The van der Waals surface area contributed by atoms with Gasteiger partial charge < -0.3 is 0 Å². The normalized spacial score (nSPS) is 11.2. The summed E-state index contributed by atoms with van der Waals surface area (Å²) in [6.45, 7) is 0. The van der Waals surface area contributed by atoms with Gasteiger partial charge in [-0.05, 0) is 47.0 Å². The maximum absolute atomic E-state index is 12.6. The first kappa shape index (κ1) is 18.8. The second kappa shape index (κ2) is 8.25. The number of rotatable bonds is 5. The van der Waals surface area contributed by atoms with Crippen LogP contribution in [-0.4, -0.2) is 15.3 Å². The molecule has 0 radical (unpaired) electrons. The minimum Gasteiger partial charge on any atom is -0.299 e. The largest absolute Gasteiger partial charge is 0.299 e. The average Bonchev–Trinajstić information content (AvgIpc) is 3.28. The molecule has 148 valence electrons. The second-order valence-corrected chi connectivity index (χ2v) is 7.34. The van der Waals surface area contributed by atoms with Crippen molar-refractivity contribution < 1.29 is 4.79 Å². The lowest BCUT2D eigenvalue weighted by atomic mass is 10.0. The van der Waals surface area contributed by atoms with Crippen molar-refractivity contribution >= 4 is 22.9 Å². The van der Waals surface area contributed by atoms with Gasteiger partial charge in [0.1, 0.15) is 6.33 Å².